The fourth-order valence-electron chi connectivity index (χ4n) is 2.97. The van der Waals surface area contributed by atoms with E-state index in [9.17, 15) is 13.2 Å². The second-order valence-corrected chi connectivity index (χ2v) is 7.85. The van der Waals surface area contributed by atoms with E-state index in [-0.39, 0.29) is 10.6 Å². The average molecular weight is 372 g/mol. The third-order valence-electron chi connectivity index (χ3n) is 4.35. The quantitative estimate of drug-likeness (QED) is 0.684. The molecule has 2 aromatic carbocycles. The van der Waals surface area contributed by atoms with E-state index in [0.717, 1.165) is 11.1 Å². The van der Waals surface area contributed by atoms with E-state index >= 15 is 0 Å². The van der Waals surface area contributed by atoms with Crippen LogP contribution in [-0.4, -0.2) is 15.5 Å². The Morgan fingerprint density at radius 1 is 1.00 bits per heavy atom. The molecule has 26 heavy (non-hydrogen) atoms. The van der Waals surface area contributed by atoms with Crippen LogP contribution in [0.15, 0.2) is 50.5 Å². The number of anilines is 2. The van der Waals surface area contributed by atoms with Gasteiger partial charge in [-0.3, -0.25) is 4.72 Å². The molecule has 0 spiro atoms. The molecule has 0 fully saturated rings. The summed E-state index contributed by atoms with van der Waals surface area (Å²) in [4.78, 5) is 12.6. The summed E-state index contributed by atoms with van der Waals surface area (Å²) in [6, 6.07) is 10.4. The molecule has 136 valence electrons. The lowest BCUT2D eigenvalue weighted by molar-refractivity contribution is 0.563. The topological polar surface area (TPSA) is 88.4 Å². The van der Waals surface area contributed by atoms with Gasteiger partial charge in [0.05, 0.1) is 10.6 Å². The molecule has 7 heteroatoms. The van der Waals surface area contributed by atoms with Gasteiger partial charge in [-0.25, -0.2) is 13.2 Å². The zero-order valence-electron chi connectivity index (χ0n) is 15.0. The van der Waals surface area contributed by atoms with Crippen LogP contribution in [0.3, 0.4) is 0 Å². The van der Waals surface area contributed by atoms with Gasteiger partial charge in [0, 0.05) is 12.4 Å². The Morgan fingerprint density at radius 3 is 2.38 bits per heavy atom. The number of benzene rings is 2. The number of nitrogens with one attached hydrogen (secondary N) is 2. The fraction of sp³-hybridized carbons (Fsp3) is 0.211. The van der Waals surface area contributed by atoms with Crippen LogP contribution in [0.2, 0.25) is 0 Å². The molecule has 0 atom stereocenters. The van der Waals surface area contributed by atoms with Gasteiger partial charge in [-0.15, -0.1) is 0 Å². The smallest absolute Gasteiger partial charge is 0.363 e. The Bertz CT molecular complexity index is 1160. The van der Waals surface area contributed by atoms with Crippen LogP contribution in [0.1, 0.15) is 16.7 Å². The monoisotopic (exact) mass is 372 g/mol. The minimum Gasteiger partial charge on any atom is -0.421 e. The molecule has 0 aliphatic rings. The highest BCUT2D eigenvalue weighted by Gasteiger charge is 2.23. The molecule has 3 rings (SSSR count). The Hall–Kier alpha value is -2.80. The van der Waals surface area contributed by atoms with E-state index in [1.54, 1.807) is 44.3 Å². The van der Waals surface area contributed by atoms with Crippen molar-refractivity contribution < 1.29 is 12.8 Å². The summed E-state index contributed by atoms with van der Waals surface area (Å²) in [6.07, 6.45) is 0. The van der Waals surface area contributed by atoms with E-state index in [2.05, 4.69) is 10.0 Å². The average Bonchev–Trinajstić information content (AvgIpc) is 2.58. The highest BCUT2D eigenvalue weighted by atomic mass is 32.2. The summed E-state index contributed by atoms with van der Waals surface area (Å²) in [5.74, 6) is 0. The first kappa shape index (κ1) is 18.0. The maximum absolute atomic E-state index is 13.0. The van der Waals surface area contributed by atoms with Crippen molar-refractivity contribution in [3.05, 3.63) is 63.5 Å². The minimum absolute atomic E-state index is 0.134. The normalized spacial score (nSPS) is 11.5. The lowest BCUT2D eigenvalue weighted by Crippen LogP contribution is -2.21. The predicted octanol–water partition coefficient (Wildman–Crippen LogP) is 3.56. The zero-order valence-corrected chi connectivity index (χ0v) is 15.8. The highest BCUT2D eigenvalue weighted by Crippen LogP contribution is 2.30. The number of aryl methyl sites for hydroxylation is 2. The Balaban J connectivity index is 2.20. The molecule has 0 radical (unpaired) electrons. The molecule has 6 nitrogen and oxygen atoms in total. The summed E-state index contributed by atoms with van der Waals surface area (Å²) in [6.45, 7) is 5.42. The summed E-state index contributed by atoms with van der Waals surface area (Å²) in [5, 5.41) is 3.52. The summed E-state index contributed by atoms with van der Waals surface area (Å²) >= 11 is 0. The largest absolute Gasteiger partial charge is 0.421 e. The molecule has 0 unspecified atom stereocenters. The molecule has 0 aliphatic carbocycles. The summed E-state index contributed by atoms with van der Waals surface area (Å²) in [5.41, 5.74) is 2.20. The van der Waals surface area contributed by atoms with Crippen molar-refractivity contribution in [3.63, 3.8) is 0 Å². The van der Waals surface area contributed by atoms with Crippen molar-refractivity contribution in [3.8, 4) is 0 Å². The Labute approximate surface area is 151 Å². The molecule has 0 aliphatic heterocycles. The fourth-order valence-corrected chi connectivity index (χ4v) is 4.44. The van der Waals surface area contributed by atoms with Gasteiger partial charge in [0.2, 0.25) is 0 Å². The van der Waals surface area contributed by atoms with Crippen LogP contribution in [0.4, 0.5) is 11.4 Å². The van der Waals surface area contributed by atoms with Crippen LogP contribution in [0.25, 0.3) is 11.0 Å². The van der Waals surface area contributed by atoms with Crippen molar-refractivity contribution in [1.29, 1.82) is 0 Å². The van der Waals surface area contributed by atoms with Gasteiger partial charge in [-0.2, -0.15) is 0 Å². The number of hydrogen-bond donors (Lipinski definition) is 2. The van der Waals surface area contributed by atoms with Crippen LogP contribution < -0.4 is 15.7 Å². The van der Waals surface area contributed by atoms with Gasteiger partial charge >= 0.3 is 5.63 Å². The number of para-hydroxylation sites is 1. The number of sulfonamides is 1. The molecule has 1 aromatic heterocycles. The van der Waals surface area contributed by atoms with Gasteiger partial charge in [-0.1, -0.05) is 18.2 Å². The molecule has 0 saturated heterocycles. The molecule has 3 aromatic rings. The lowest BCUT2D eigenvalue weighted by Gasteiger charge is -2.15. The van der Waals surface area contributed by atoms with E-state index in [0.29, 0.717) is 22.2 Å². The zero-order chi connectivity index (χ0) is 19.1. The van der Waals surface area contributed by atoms with E-state index in [4.69, 9.17) is 4.42 Å². The molecule has 0 amide bonds. The van der Waals surface area contributed by atoms with Crippen LogP contribution in [-0.2, 0) is 10.0 Å². The predicted molar refractivity (Wildman–Crippen MR) is 103 cm³/mol. The summed E-state index contributed by atoms with van der Waals surface area (Å²) in [7, 11) is -2.34. The van der Waals surface area contributed by atoms with Gasteiger partial charge in [0.25, 0.3) is 10.0 Å². The lowest BCUT2D eigenvalue weighted by atomic mass is 10.1. The SMILES string of the molecule is CNc1c(NS(=O)(=O)c2cc(C)cc(C)c2C)c(=O)oc2ccccc12. The van der Waals surface area contributed by atoms with Crippen molar-refractivity contribution >= 4 is 32.4 Å². The first-order chi connectivity index (χ1) is 12.2. The second-order valence-electron chi connectivity index (χ2n) is 6.20. The first-order valence-electron chi connectivity index (χ1n) is 8.09. The van der Waals surface area contributed by atoms with Crippen molar-refractivity contribution in [2.75, 3.05) is 17.1 Å². The highest BCUT2D eigenvalue weighted by molar-refractivity contribution is 7.92. The van der Waals surface area contributed by atoms with E-state index < -0.39 is 15.6 Å². The maximum Gasteiger partial charge on any atom is 0.363 e. The Kier molecular flexibility index (Phi) is 4.50. The van der Waals surface area contributed by atoms with Gasteiger partial charge in [0.15, 0.2) is 5.69 Å². The molecular formula is C19H20N2O4S. The van der Waals surface area contributed by atoms with Crippen LogP contribution >= 0.6 is 0 Å². The molecule has 1 heterocycles. The van der Waals surface area contributed by atoms with Gasteiger partial charge in [0.1, 0.15) is 5.58 Å². The second kappa shape index (κ2) is 6.49. The standard InChI is InChI=1S/C19H20N2O4S/c1-11-9-12(2)13(3)16(10-11)26(23,24)21-18-17(20-4)14-7-5-6-8-15(14)25-19(18)22/h5-10,20-21H,1-4H3. The molecule has 0 bridgehead atoms. The van der Waals surface area contributed by atoms with Crippen LogP contribution in [0, 0.1) is 20.8 Å². The molecule has 2 N–H and O–H groups in total. The van der Waals surface area contributed by atoms with Gasteiger partial charge < -0.3 is 9.73 Å². The van der Waals surface area contributed by atoms with Crippen molar-refractivity contribution in [2.24, 2.45) is 0 Å². The van der Waals surface area contributed by atoms with Crippen LogP contribution in [0.5, 0.6) is 0 Å². The van der Waals surface area contributed by atoms with E-state index in [1.165, 1.54) is 0 Å². The molecule has 0 saturated carbocycles. The van der Waals surface area contributed by atoms with E-state index in [1.807, 2.05) is 19.9 Å². The number of hydrogen-bond acceptors (Lipinski definition) is 5. The third-order valence-corrected chi connectivity index (χ3v) is 5.83. The maximum atomic E-state index is 13.0. The summed E-state index contributed by atoms with van der Waals surface area (Å²) < 4.78 is 33.6. The minimum atomic E-state index is -3.96. The Morgan fingerprint density at radius 2 is 1.69 bits per heavy atom. The van der Waals surface area contributed by atoms with Gasteiger partial charge in [-0.05, 0) is 55.7 Å². The third kappa shape index (κ3) is 3.06. The number of fused-ring (bicyclic) bond motifs is 1. The number of rotatable bonds is 4. The molecular weight excluding hydrogens is 352 g/mol. The first-order valence-corrected chi connectivity index (χ1v) is 9.57. The van der Waals surface area contributed by atoms with Crippen molar-refractivity contribution in [1.82, 2.24) is 0 Å². The van der Waals surface area contributed by atoms with Crippen molar-refractivity contribution in [2.45, 2.75) is 25.7 Å².